The number of thiophene rings is 1. The largest absolute Gasteiger partial charge is 0.462 e. The van der Waals surface area contributed by atoms with E-state index in [0.29, 0.717) is 12.1 Å². The summed E-state index contributed by atoms with van der Waals surface area (Å²) >= 11 is 1.01. The van der Waals surface area contributed by atoms with E-state index in [9.17, 15) is 14.4 Å². The maximum Gasteiger partial charge on any atom is 0.348 e. The fourth-order valence-corrected chi connectivity index (χ4v) is 3.61. The zero-order valence-corrected chi connectivity index (χ0v) is 17.5. The molecule has 0 spiro atoms. The first-order valence-corrected chi connectivity index (χ1v) is 9.86. The molecule has 0 saturated heterocycles. The predicted octanol–water partition coefficient (Wildman–Crippen LogP) is 3.33. The fourth-order valence-electron chi connectivity index (χ4n) is 2.50. The number of carbonyl (C=O) groups is 3. The van der Waals surface area contributed by atoms with Gasteiger partial charge in [-0.1, -0.05) is 0 Å². The minimum Gasteiger partial charge on any atom is -0.462 e. The van der Waals surface area contributed by atoms with Gasteiger partial charge < -0.3 is 14.8 Å². The van der Waals surface area contributed by atoms with Crippen LogP contribution in [-0.4, -0.2) is 40.3 Å². The molecule has 152 valence electrons. The lowest BCUT2D eigenvalue weighted by molar-refractivity contribution is -0.116. The van der Waals surface area contributed by atoms with Crippen molar-refractivity contribution < 1.29 is 23.9 Å². The van der Waals surface area contributed by atoms with Crippen LogP contribution in [0.15, 0.2) is 12.3 Å². The summed E-state index contributed by atoms with van der Waals surface area (Å²) in [5.74, 6) is -1.41. The molecule has 0 radical (unpaired) electrons. The standard InChI is InChI=1S/C19H25N3O5S/c1-6-26-19(25)16-13(5)15(18(24)27-11(2)3)17(28-16)20-14(23)8-10-22-9-7-12(4)21-22/h7,9,11H,6,8,10H2,1-5H3,(H,20,23). The molecular formula is C19H25N3O5S. The number of anilines is 1. The Morgan fingerprint density at radius 1 is 1.25 bits per heavy atom. The zero-order valence-electron chi connectivity index (χ0n) is 16.7. The average molecular weight is 407 g/mol. The molecule has 28 heavy (non-hydrogen) atoms. The van der Waals surface area contributed by atoms with Crippen LogP contribution in [-0.2, 0) is 20.8 Å². The predicted molar refractivity (Wildman–Crippen MR) is 106 cm³/mol. The SMILES string of the molecule is CCOC(=O)c1sc(NC(=O)CCn2ccc(C)n2)c(C(=O)OC(C)C)c1C. The minimum absolute atomic E-state index is 0.172. The van der Waals surface area contributed by atoms with Crippen LogP contribution >= 0.6 is 11.3 Å². The lowest BCUT2D eigenvalue weighted by atomic mass is 10.1. The molecule has 2 aromatic rings. The van der Waals surface area contributed by atoms with Gasteiger partial charge in [-0.05, 0) is 46.2 Å². The number of hydrogen-bond donors (Lipinski definition) is 1. The monoisotopic (exact) mass is 407 g/mol. The van der Waals surface area contributed by atoms with E-state index < -0.39 is 11.9 Å². The van der Waals surface area contributed by atoms with Crippen molar-refractivity contribution in [3.05, 3.63) is 34.0 Å². The molecule has 1 amide bonds. The molecule has 0 bridgehead atoms. The normalized spacial score (nSPS) is 10.8. The Labute approximate surface area is 167 Å². The molecule has 0 aliphatic heterocycles. The maximum absolute atomic E-state index is 12.5. The number of hydrogen-bond acceptors (Lipinski definition) is 7. The molecular weight excluding hydrogens is 382 g/mol. The number of amides is 1. The van der Waals surface area contributed by atoms with E-state index in [-0.39, 0.29) is 40.5 Å². The Hall–Kier alpha value is -2.68. The van der Waals surface area contributed by atoms with Crippen molar-refractivity contribution in [2.45, 2.75) is 53.7 Å². The Kier molecular flexibility index (Phi) is 7.33. The highest BCUT2D eigenvalue weighted by molar-refractivity contribution is 7.18. The molecule has 2 heterocycles. The van der Waals surface area contributed by atoms with Gasteiger partial charge in [0.2, 0.25) is 5.91 Å². The summed E-state index contributed by atoms with van der Waals surface area (Å²) in [4.78, 5) is 37.4. The lowest BCUT2D eigenvalue weighted by Gasteiger charge is -2.10. The van der Waals surface area contributed by atoms with Gasteiger partial charge in [0.1, 0.15) is 9.88 Å². The molecule has 9 heteroatoms. The molecule has 0 aromatic carbocycles. The van der Waals surface area contributed by atoms with Crippen LogP contribution in [0.5, 0.6) is 0 Å². The first-order valence-electron chi connectivity index (χ1n) is 9.04. The smallest absolute Gasteiger partial charge is 0.348 e. The summed E-state index contributed by atoms with van der Waals surface area (Å²) < 4.78 is 12.0. The molecule has 0 aliphatic rings. The second kappa shape index (κ2) is 9.50. The van der Waals surface area contributed by atoms with Crippen molar-refractivity contribution in [1.29, 1.82) is 0 Å². The van der Waals surface area contributed by atoms with Gasteiger partial charge in [-0.3, -0.25) is 9.48 Å². The van der Waals surface area contributed by atoms with Gasteiger partial charge >= 0.3 is 11.9 Å². The third-order valence-electron chi connectivity index (χ3n) is 3.75. The van der Waals surface area contributed by atoms with Gasteiger partial charge in [0.05, 0.1) is 24.0 Å². The summed E-state index contributed by atoms with van der Waals surface area (Å²) in [6.07, 6.45) is 1.64. The van der Waals surface area contributed by atoms with Crippen LogP contribution < -0.4 is 5.32 Å². The minimum atomic E-state index is -0.586. The van der Waals surface area contributed by atoms with Gasteiger partial charge in [-0.15, -0.1) is 11.3 Å². The summed E-state index contributed by atoms with van der Waals surface area (Å²) in [7, 11) is 0. The van der Waals surface area contributed by atoms with Gasteiger partial charge in [0, 0.05) is 19.2 Å². The number of nitrogens with zero attached hydrogens (tertiary/aromatic N) is 2. The summed E-state index contributed by atoms with van der Waals surface area (Å²) in [6.45, 7) is 9.30. The van der Waals surface area contributed by atoms with Gasteiger partial charge in [-0.2, -0.15) is 5.10 Å². The number of rotatable bonds is 8. The van der Waals surface area contributed by atoms with E-state index in [1.54, 1.807) is 38.6 Å². The molecule has 1 N–H and O–H groups in total. The first-order chi connectivity index (χ1) is 13.2. The zero-order chi connectivity index (χ0) is 20.8. The van der Waals surface area contributed by atoms with Crippen molar-refractivity contribution in [2.75, 3.05) is 11.9 Å². The molecule has 0 fully saturated rings. The molecule has 0 atom stereocenters. The van der Waals surface area contributed by atoms with Crippen molar-refractivity contribution in [2.24, 2.45) is 0 Å². The van der Waals surface area contributed by atoms with Crippen LogP contribution in [0, 0.1) is 13.8 Å². The summed E-state index contributed by atoms with van der Waals surface area (Å²) in [6, 6.07) is 1.85. The number of esters is 2. The third kappa shape index (κ3) is 5.41. The van der Waals surface area contributed by atoms with Gasteiger partial charge in [0.15, 0.2) is 0 Å². The van der Waals surface area contributed by atoms with Gasteiger partial charge in [-0.25, -0.2) is 9.59 Å². The highest BCUT2D eigenvalue weighted by Crippen LogP contribution is 2.34. The number of ether oxygens (including phenoxy) is 2. The molecule has 0 unspecified atom stereocenters. The Bertz CT molecular complexity index is 869. The number of aromatic nitrogens is 2. The Morgan fingerprint density at radius 3 is 2.54 bits per heavy atom. The van der Waals surface area contributed by atoms with Crippen LogP contribution in [0.3, 0.4) is 0 Å². The summed E-state index contributed by atoms with van der Waals surface area (Å²) in [5, 5.41) is 7.25. The highest BCUT2D eigenvalue weighted by Gasteiger charge is 2.27. The second-order valence-electron chi connectivity index (χ2n) is 6.45. The first kappa shape index (κ1) is 21.6. The number of nitrogens with one attached hydrogen (secondary N) is 1. The molecule has 0 saturated carbocycles. The quantitative estimate of drug-likeness (QED) is 0.674. The Balaban J connectivity index is 2.22. The fraction of sp³-hybridized carbons (Fsp3) is 0.474. The van der Waals surface area contributed by atoms with Gasteiger partial charge in [0.25, 0.3) is 0 Å². The van der Waals surface area contributed by atoms with E-state index in [1.165, 1.54) is 0 Å². The van der Waals surface area contributed by atoms with Crippen LogP contribution in [0.1, 0.15) is 58.5 Å². The highest BCUT2D eigenvalue weighted by atomic mass is 32.1. The molecule has 2 rings (SSSR count). The average Bonchev–Trinajstić information content (AvgIpc) is 3.16. The topological polar surface area (TPSA) is 99.5 Å². The third-order valence-corrected chi connectivity index (χ3v) is 4.94. The van der Waals surface area contributed by atoms with E-state index in [4.69, 9.17) is 9.47 Å². The van der Waals surface area contributed by atoms with Crippen molar-refractivity contribution in [3.63, 3.8) is 0 Å². The summed E-state index contributed by atoms with van der Waals surface area (Å²) in [5.41, 5.74) is 1.49. The van der Waals surface area contributed by atoms with Crippen LogP contribution in [0.4, 0.5) is 5.00 Å². The van der Waals surface area contributed by atoms with E-state index in [0.717, 1.165) is 17.0 Å². The van der Waals surface area contributed by atoms with Crippen LogP contribution in [0.2, 0.25) is 0 Å². The second-order valence-corrected chi connectivity index (χ2v) is 7.47. The molecule has 8 nitrogen and oxygen atoms in total. The number of aryl methyl sites for hydroxylation is 2. The van der Waals surface area contributed by atoms with E-state index >= 15 is 0 Å². The van der Waals surface area contributed by atoms with E-state index in [1.807, 2.05) is 13.0 Å². The molecule has 0 aliphatic carbocycles. The van der Waals surface area contributed by atoms with Crippen LogP contribution in [0.25, 0.3) is 0 Å². The van der Waals surface area contributed by atoms with Crippen molar-refractivity contribution >= 4 is 34.2 Å². The maximum atomic E-state index is 12.5. The Morgan fingerprint density at radius 2 is 1.96 bits per heavy atom. The van der Waals surface area contributed by atoms with Crippen molar-refractivity contribution in [3.8, 4) is 0 Å². The van der Waals surface area contributed by atoms with Crippen molar-refractivity contribution in [1.82, 2.24) is 9.78 Å². The lowest BCUT2D eigenvalue weighted by Crippen LogP contribution is -2.18. The number of carbonyl (C=O) groups excluding carboxylic acids is 3. The molecule has 2 aromatic heterocycles. The van der Waals surface area contributed by atoms with E-state index in [2.05, 4.69) is 10.4 Å².